The van der Waals surface area contributed by atoms with Crippen LogP contribution in [0.4, 0.5) is 5.69 Å². The summed E-state index contributed by atoms with van der Waals surface area (Å²) in [7, 11) is 2.01. The maximum atomic E-state index is 3.26. The summed E-state index contributed by atoms with van der Waals surface area (Å²) in [5.41, 5.74) is 2.78. The maximum absolute atomic E-state index is 3.26. The molecule has 0 aliphatic rings. The second kappa shape index (κ2) is 8.15. The summed E-state index contributed by atoms with van der Waals surface area (Å²) in [5, 5.41) is 3.26. The van der Waals surface area contributed by atoms with Crippen LogP contribution in [0.5, 0.6) is 0 Å². The summed E-state index contributed by atoms with van der Waals surface area (Å²) in [6, 6.07) is 9.30. The van der Waals surface area contributed by atoms with Gasteiger partial charge in [-0.15, -0.1) is 0 Å². The number of nitrogens with one attached hydrogen (secondary N) is 1. The van der Waals surface area contributed by atoms with E-state index in [1.165, 1.54) is 30.5 Å². The minimum Gasteiger partial charge on any atom is -0.369 e. The second-order valence-electron chi connectivity index (χ2n) is 5.15. The summed E-state index contributed by atoms with van der Waals surface area (Å²) in [6.07, 6.45) is 3.88. The van der Waals surface area contributed by atoms with E-state index in [2.05, 4.69) is 55.3 Å². The molecule has 2 nitrogen and oxygen atoms in total. The molecule has 0 heterocycles. The van der Waals surface area contributed by atoms with Crippen LogP contribution >= 0.6 is 0 Å². The topological polar surface area (TPSA) is 15.3 Å². The molecule has 0 saturated carbocycles. The monoisotopic (exact) mass is 248 g/mol. The standard InChI is InChI=1S/C16H28N2/c1-5-6-9-12-18(14(2)3)16-11-8-7-10-15(16)13-17-4/h7-8,10-11,14,17H,5-6,9,12-13H2,1-4H3. The molecule has 0 spiro atoms. The average molecular weight is 248 g/mol. The van der Waals surface area contributed by atoms with E-state index >= 15 is 0 Å². The molecule has 18 heavy (non-hydrogen) atoms. The molecular weight excluding hydrogens is 220 g/mol. The van der Waals surface area contributed by atoms with Gasteiger partial charge in [-0.1, -0.05) is 38.0 Å². The number of hydrogen-bond acceptors (Lipinski definition) is 2. The van der Waals surface area contributed by atoms with Crippen molar-refractivity contribution in [1.82, 2.24) is 5.32 Å². The first-order valence-electron chi connectivity index (χ1n) is 7.19. The number of hydrogen-bond donors (Lipinski definition) is 1. The van der Waals surface area contributed by atoms with Gasteiger partial charge in [0, 0.05) is 24.8 Å². The molecular formula is C16H28N2. The Hall–Kier alpha value is -1.02. The molecule has 102 valence electrons. The SMILES string of the molecule is CCCCCN(c1ccccc1CNC)C(C)C. The van der Waals surface area contributed by atoms with Crippen molar-refractivity contribution in [3.63, 3.8) is 0 Å². The van der Waals surface area contributed by atoms with Gasteiger partial charge in [-0.2, -0.15) is 0 Å². The maximum Gasteiger partial charge on any atom is 0.0414 e. The second-order valence-corrected chi connectivity index (χ2v) is 5.15. The predicted molar refractivity (Wildman–Crippen MR) is 81.2 cm³/mol. The van der Waals surface area contributed by atoms with E-state index in [9.17, 15) is 0 Å². The molecule has 0 bridgehead atoms. The Morgan fingerprint density at radius 3 is 2.50 bits per heavy atom. The Morgan fingerprint density at radius 1 is 1.17 bits per heavy atom. The Labute approximate surface area is 112 Å². The molecule has 1 rings (SSSR count). The van der Waals surface area contributed by atoms with Gasteiger partial charge in [0.1, 0.15) is 0 Å². The molecule has 1 aromatic carbocycles. The number of rotatable bonds is 8. The van der Waals surface area contributed by atoms with Crippen LogP contribution in [0.15, 0.2) is 24.3 Å². The molecule has 0 atom stereocenters. The van der Waals surface area contributed by atoms with Gasteiger partial charge in [-0.25, -0.2) is 0 Å². The number of benzene rings is 1. The van der Waals surface area contributed by atoms with E-state index in [4.69, 9.17) is 0 Å². The van der Waals surface area contributed by atoms with Gasteiger partial charge in [0.15, 0.2) is 0 Å². The van der Waals surface area contributed by atoms with Crippen molar-refractivity contribution in [2.24, 2.45) is 0 Å². The Balaban J connectivity index is 2.83. The molecule has 1 aromatic rings. The van der Waals surface area contributed by atoms with Crippen molar-refractivity contribution in [1.29, 1.82) is 0 Å². The highest BCUT2D eigenvalue weighted by Crippen LogP contribution is 2.23. The third-order valence-corrected chi connectivity index (χ3v) is 3.29. The lowest BCUT2D eigenvalue weighted by Crippen LogP contribution is -2.33. The average Bonchev–Trinajstić information content (AvgIpc) is 2.36. The third-order valence-electron chi connectivity index (χ3n) is 3.29. The molecule has 0 saturated heterocycles. The zero-order valence-electron chi connectivity index (χ0n) is 12.4. The van der Waals surface area contributed by atoms with Crippen LogP contribution in [0.3, 0.4) is 0 Å². The largest absolute Gasteiger partial charge is 0.369 e. The fourth-order valence-electron chi connectivity index (χ4n) is 2.32. The lowest BCUT2D eigenvalue weighted by molar-refractivity contribution is 0.622. The lowest BCUT2D eigenvalue weighted by atomic mass is 10.1. The van der Waals surface area contributed by atoms with Crippen molar-refractivity contribution < 1.29 is 0 Å². The van der Waals surface area contributed by atoms with Crippen LogP contribution in [0.1, 0.15) is 45.6 Å². The van der Waals surface area contributed by atoms with Gasteiger partial charge >= 0.3 is 0 Å². The number of nitrogens with zero attached hydrogens (tertiary/aromatic N) is 1. The van der Waals surface area contributed by atoms with Gasteiger partial charge in [0.2, 0.25) is 0 Å². The van der Waals surface area contributed by atoms with E-state index in [1.807, 2.05) is 7.05 Å². The van der Waals surface area contributed by atoms with Crippen molar-refractivity contribution in [2.45, 2.75) is 52.6 Å². The number of para-hydroxylation sites is 1. The Bertz CT molecular complexity index is 334. The van der Waals surface area contributed by atoms with Crippen molar-refractivity contribution >= 4 is 5.69 Å². The van der Waals surface area contributed by atoms with Gasteiger partial charge in [-0.3, -0.25) is 0 Å². The highest BCUT2D eigenvalue weighted by atomic mass is 15.2. The molecule has 0 aromatic heterocycles. The highest BCUT2D eigenvalue weighted by Gasteiger charge is 2.13. The van der Waals surface area contributed by atoms with Crippen LogP contribution in [0.2, 0.25) is 0 Å². The minimum atomic E-state index is 0.555. The van der Waals surface area contributed by atoms with Crippen molar-refractivity contribution in [3.05, 3.63) is 29.8 Å². The van der Waals surface area contributed by atoms with Crippen LogP contribution in [0, 0.1) is 0 Å². The summed E-state index contributed by atoms with van der Waals surface area (Å²) in [4.78, 5) is 2.53. The first-order chi connectivity index (χ1) is 8.70. The Morgan fingerprint density at radius 2 is 1.89 bits per heavy atom. The Kier molecular flexibility index (Phi) is 6.81. The number of anilines is 1. The molecule has 0 fully saturated rings. The van der Waals surface area contributed by atoms with E-state index < -0.39 is 0 Å². The van der Waals surface area contributed by atoms with Gasteiger partial charge in [-0.05, 0) is 38.9 Å². The van der Waals surface area contributed by atoms with Gasteiger partial charge in [0.05, 0.1) is 0 Å². The fourth-order valence-corrected chi connectivity index (χ4v) is 2.32. The summed E-state index contributed by atoms with van der Waals surface area (Å²) < 4.78 is 0. The van der Waals surface area contributed by atoms with Crippen LogP contribution in [-0.4, -0.2) is 19.6 Å². The minimum absolute atomic E-state index is 0.555. The van der Waals surface area contributed by atoms with E-state index in [-0.39, 0.29) is 0 Å². The smallest absolute Gasteiger partial charge is 0.0414 e. The summed E-state index contributed by atoms with van der Waals surface area (Å²) in [5.74, 6) is 0. The fraction of sp³-hybridized carbons (Fsp3) is 0.625. The summed E-state index contributed by atoms with van der Waals surface area (Å²) in [6.45, 7) is 8.91. The zero-order chi connectivity index (χ0) is 13.4. The summed E-state index contributed by atoms with van der Waals surface area (Å²) >= 11 is 0. The molecule has 0 aliphatic heterocycles. The van der Waals surface area contributed by atoms with E-state index in [0.29, 0.717) is 6.04 Å². The van der Waals surface area contributed by atoms with Crippen LogP contribution in [-0.2, 0) is 6.54 Å². The van der Waals surface area contributed by atoms with E-state index in [0.717, 1.165) is 13.1 Å². The first kappa shape index (κ1) is 15.0. The lowest BCUT2D eigenvalue weighted by Gasteiger charge is -2.31. The quantitative estimate of drug-likeness (QED) is 0.704. The third kappa shape index (κ3) is 4.34. The molecule has 0 amide bonds. The molecule has 1 N–H and O–H groups in total. The van der Waals surface area contributed by atoms with Crippen LogP contribution < -0.4 is 10.2 Å². The normalized spacial score (nSPS) is 10.9. The number of unbranched alkanes of at least 4 members (excludes halogenated alkanes) is 2. The molecule has 0 radical (unpaired) electrons. The first-order valence-corrected chi connectivity index (χ1v) is 7.19. The molecule has 0 unspecified atom stereocenters. The molecule has 0 aliphatic carbocycles. The van der Waals surface area contributed by atoms with Crippen molar-refractivity contribution in [3.8, 4) is 0 Å². The van der Waals surface area contributed by atoms with Crippen molar-refractivity contribution in [2.75, 3.05) is 18.5 Å². The van der Waals surface area contributed by atoms with Gasteiger partial charge < -0.3 is 10.2 Å². The van der Waals surface area contributed by atoms with Gasteiger partial charge in [0.25, 0.3) is 0 Å². The predicted octanol–water partition coefficient (Wildman–Crippen LogP) is 3.81. The highest BCUT2D eigenvalue weighted by molar-refractivity contribution is 5.54. The van der Waals surface area contributed by atoms with E-state index in [1.54, 1.807) is 0 Å². The molecule has 2 heteroatoms. The zero-order valence-corrected chi connectivity index (χ0v) is 12.4. The van der Waals surface area contributed by atoms with Crippen LogP contribution in [0.25, 0.3) is 0 Å².